The maximum absolute atomic E-state index is 12.1. The van der Waals surface area contributed by atoms with Crippen LogP contribution in [0.5, 0.6) is 0 Å². The summed E-state index contributed by atoms with van der Waals surface area (Å²) in [6, 6.07) is 9.84. The molecule has 2 N–H and O–H groups in total. The van der Waals surface area contributed by atoms with Gasteiger partial charge in [-0.3, -0.25) is 4.79 Å². The third-order valence-corrected chi connectivity index (χ3v) is 4.26. The van der Waals surface area contributed by atoms with Gasteiger partial charge in [0.1, 0.15) is 11.6 Å². The second-order valence-electron chi connectivity index (χ2n) is 5.88. The highest BCUT2D eigenvalue weighted by Gasteiger charge is 2.17. The fourth-order valence-electron chi connectivity index (χ4n) is 2.77. The number of anilines is 2. The van der Waals surface area contributed by atoms with Crippen LogP contribution in [0.3, 0.4) is 0 Å². The Balaban J connectivity index is 1.91. The molecule has 1 aliphatic heterocycles. The largest absolute Gasteiger partial charge is 0.376 e. The van der Waals surface area contributed by atoms with Gasteiger partial charge in [-0.2, -0.15) is 5.26 Å². The van der Waals surface area contributed by atoms with E-state index in [1.165, 1.54) is 6.20 Å². The Hall–Kier alpha value is -2.52. The fourth-order valence-corrected chi connectivity index (χ4v) is 2.77. The number of hydrogen-bond acceptors (Lipinski definition) is 5. The predicted molar refractivity (Wildman–Crippen MR) is 99.3 cm³/mol. The molecule has 0 aliphatic carbocycles. The van der Waals surface area contributed by atoms with Crippen molar-refractivity contribution < 1.29 is 9.53 Å². The van der Waals surface area contributed by atoms with Crippen LogP contribution in [0.2, 0.25) is 0 Å². The number of amides is 1. The number of nitrogens with zero attached hydrogens (tertiary/aromatic N) is 2. The summed E-state index contributed by atoms with van der Waals surface area (Å²) in [5, 5.41) is 15.0. The molecule has 0 radical (unpaired) electrons. The van der Waals surface area contributed by atoms with E-state index in [-0.39, 0.29) is 17.6 Å². The number of carbonyl (C=O) groups excluding carboxylic acids is 1. The van der Waals surface area contributed by atoms with E-state index in [9.17, 15) is 10.1 Å². The third-order valence-electron chi connectivity index (χ3n) is 4.26. The summed E-state index contributed by atoms with van der Waals surface area (Å²) in [4.78, 5) is 14.3. The molecule has 1 saturated heterocycles. The van der Waals surface area contributed by atoms with Crippen molar-refractivity contribution in [3.63, 3.8) is 0 Å². The Bertz CT molecular complexity index is 624. The van der Waals surface area contributed by atoms with Crippen LogP contribution in [-0.2, 0) is 9.53 Å². The van der Waals surface area contributed by atoms with Gasteiger partial charge in [0, 0.05) is 43.8 Å². The maximum atomic E-state index is 12.1. The molecule has 25 heavy (non-hydrogen) atoms. The zero-order chi connectivity index (χ0) is 18.1. The molecule has 1 fully saturated rings. The molecule has 0 spiro atoms. The summed E-state index contributed by atoms with van der Waals surface area (Å²) in [5.74, 6) is -0.384. The first-order valence-electron chi connectivity index (χ1n) is 8.79. The van der Waals surface area contributed by atoms with E-state index >= 15 is 0 Å². The first-order chi connectivity index (χ1) is 12.2. The Labute approximate surface area is 149 Å². The highest BCUT2D eigenvalue weighted by molar-refractivity contribution is 5.97. The van der Waals surface area contributed by atoms with Crippen molar-refractivity contribution in [1.82, 2.24) is 5.32 Å². The average Bonchev–Trinajstić information content (AvgIpc) is 3.16. The van der Waals surface area contributed by atoms with E-state index in [0.717, 1.165) is 43.9 Å². The van der Waals surface area contributed by atoms with Crippen molar-refractivity contribution >= 4 is 17.3 Å². The molecule has 1 aromatic carbocycles. The van der Waals surface area contributed by atoms with Gasteiger partial charge in [0.25, 0.3) is 5.91 Å². The molecule has 6 heteroatoms. The third kappa shape index (κ3) is 5.50. The van der Waals surface area contributed by atoms with Gasteiger partial charge in [-0.1, -0.05) is 0 Å². The van der Waals surface area contributed by atoms with Gasteiger partial charge >= 0.3 is 0 Å². The molecule has 1 unspecified atom stereocenters. The molecule has 1 aromatic rings. The summed E-state index contributed by atoms with van der Waals surface area (Å²) < 4.78 is 5.46. The van der Waals surface area contributed by atoms with Crippen LogP contribution in [0.1, 0.15) is 26.7 Å². The topological polar surface area (TPSA) is 77.4 Å². The minimum Gasteiger partial charge on any atom is -0.376 e. The second-order valence-corrected chi connectivity index (χ2v) is 5.88. The Morgan fingerprint density at radius 3 is 2.64 bits per heavy atom. The highest BCUT2D eigenvalue weighted by Crippen LogP contribution is 2.18. The van der Waals surface area contributed by atoms with E-state index in [4.69, 9.17) is 4.74 Å². The molecule has 0 bridgehead atoms. The number of nitriles is 1. The molecule has 134 valence electrons. The highest BCUT2D eigenvalue weighted by atomic mass is 16.5. The summed E-state index contributed by atoms with van der Waals surface area (Å²) in [5.41, 5.74) is 2.02. The standard InChI is InChI=1S/C19H26N4O2/c1-3-23(4-2)17-9-7-16(8-10-17)21-13-15(12-20)19(24)22-14-18-6-5-11-25-18/h7-10,13,18,21H,3-6,11,14H2,1-2H3,(H,22,24)/b15-13-. The smallest absolute Gasteiger partial charge is 0.263 e. The first-order valence-corrected chi connectivity index (χ1v) is 8.79. The van der Waals surface area contributed by atoms with Crippen molar-refractivity contribution in [3.05, 3.63) is 36.0 Å². The molecule has 2 rings (SSSR count). The summed E-state index contributed by atoms with van der Waals surface area (Å²) in [7, 11) is 0. The molecule has 1 atom stereocenters. The van der Waals surface area contributed by atoms with Crippen molar-refractivity contribution in [1.29, 1.82) is 5.26 Å². The van der Waals surface area contributed by atoms with Crippen molar-refractivity contribution in [3.8, 4) is 6.07 Å². The number of rotatable bonds is 8. The van der Waals surface area contributed by atoms with Crippen LogP contribution in [0.25, 0.3) is 0 Å². The minimum atomic E-state index is -0.384. The first kappa shape index (κ1) is 18.8. The monoisotopic (exact) mass is 342 g/mol. The van der Waals surface area contributed by atoms with E-state index in [1.54, 1.807) is 0 Å². The normalized spacial score (nSPS) is 17.0. The zero-order valence-corrected chi connectivity index (χ0v) is 14.9. The van der Waals surface area contributed by atoms with Gasteiger partial charge in [-0.15, -0.1) is 0 Å². The molecular weight excluding hydrogens is 316 g/mol. The Morgan fingerprint density at radius 2 is 2.08 bits per heavy atom. The van der Waals surface area contributed by atoms with E-state index < -0.39 is 0 Å². The fraction of sp³-hybridized carbons (Fsp3) is 0.474. The van der Waals surface area contributed by atoms with Crippen molar-refractivity contribution in [2.45, 2.75) is 32.8 Å². The van der Waals surface area contributed by atoms with Crippen LogP contribution in [0.4, 0.5) is 11.4 Å². The van der Waals surface area contributed by atoms with E-state index in [1.807, 2.05) is 30.3 Å². The lowest BCUT2D eigenvalue weighted by molar-refractivity contribution is -0.117. The van der Waals surface area contributed by atoms with Gasteiger partial charge < -0.3 is 20.3 Å². The maximum Gasteiger partial charge on any atom is 0.263 e. The predicted octanol–water partition coefficient (Wildman–Crippen LogP) is 2.65. The molecule has 1 amide bonds. The number of nitrogens with one attached hydrogen (secondary N) is 2. The quantitative estimate of drug-likeness (QED) is 0.561. The Kier molecular flexibility index (Phi) is 7.30. The number of benzene rings is 1. The van der Waals surface area contributed by atoms with Gasteiger partial charge in [-0.05, 0) is 51.0 Å². The van der Waals surface area contributed by atoms with Gasteiger partial charge in [0.05, 0.1) is 6.10 Å². The molecular formula is C19H26N4O2. The molecule has 6 nitrogen and oxygen atoms in total. The van der Waals surface area contributed by atoms with E-state index in [2.05, 4.69) is 29.4 Å². The average molecular weight is 342 g/mol. The lowest BCUT2D eigenvalue weighted by atomic mass is 10.2. The lowest BCUT2D eigenvalue weighted by Crippen LogP contribution is -2.32. The van der Waals surface area contributed by atoms with Gasteiger partial charge in [-0.25, -0.2) is 0 Å². The van der Waals surface area contributed by atoms with Crippen molar-refractivity contribution in [2.75, 3.05) is 36.5 Å². The SMILES string of the molecule is CCN(CC)c1ccc(N/C=C(/C#N)C(=O)NCC2CCCO2)cc1. The molecule has 0 saturated carbocycles. The summed E-state index contributed by atoms with van der Waals surface area (Å²) in [6.07, 6.45) is 3.47. The van der Waals surface area contributed by atoms with Crippen LogP contribution in [0.15, 0.2) is 36.0 Å². The van der Waals surface area contributed by atoms with Crippen molar-refractivity contribution in [2.24, 2.45) is 0 Å². The van der Waals surface area contributed by atoms with E-state index in [0.29, 0.717) is 6.54 Å². The van der Waals surface area contributed by atoms with Crippen LogP contribution < -0.4 is 15.5 Å². The van der Waals surface area contributed by atoms with Crippen LogP contribution in [0, 0.1) is 11.3 Å². The van der Waals surface area contributed by atoms with Gasteiger partial charge in [0.2, 0.25) is 0 Å². The van der Waals surface area contributed by atoms with Gasteiger partial charge in [0.15, 0.2) is 0 Å². The second kappa shape index (κ2) is 9.70. The zero-order valence-electron chi connectivity index (χ0n) is 14.9. The molecule has 1 aliphatic rings. The number of carbonyl (C=O) groups is 1. The van der Waals surface area contributed by atoms with Crippen LogP contribution >= 0.6 is 0 Å². The number of hydrogen-bond donors (Lipinski definition) is 2. The number of ether oxygens (including phenoxy) is 1. The minimum absolute atomic E-state index is 0.0471. The molecule has 1 heterocycles. The van der Waals surface area contributed by atoms with Crippen LogP contribution in [-0.4, -0.2) is 38.3 Å². The molecule has 0 aromatic heterocycles. The summed E-state index contributed by atoms with van der Waals surface area (Å²) in [6.45, 7) is 7.32. The Morgan fingerprint density at radius 1 is 1.36 bits per heavy atom. The summed E-state index contributed by atoms with van der Waals surface area (Å²) >= 11 is 0. The lowest BCUT2D eigenvalue weighted by Gasteiger charge is -2.21.